The van der Waals surface area contributed by atoms with E-state index in [9.17, 15) is 4.79 Å². The number of H-pyrrole nitrogens is 1. The molecule has 140 valence electrons. The zero-order valence-corrected chi connectivity index (χ0v) is 16.4. The normalized spacial score (nSPS) is 11.0. The number of nitrogens with zero attached hydrogens (tertiary/aromatic N) is 3. The van der Waals surface area contributed by atoms with E-state index in [1.807, 2.05) is 42.6 Å². The van der Waals surface area contributed by atoms with Crippen LogP contribution in [-0.4, -0.2) is 39.9 Å². The molecule has 3 aromatic heterocycles. The molecule has 1 amide bonds. The monoisotopic (exact) mass is 390 g/mol. The summed E-state index contributed by atoms with van der Waals surface area (Å²) in [4.78, 5) is 25.6. The molecule has 0 aliphatic carbocycles. The number of nitrogens with one attached hydrogen (secondary N) is 1. The minimum Gasteiger partial charge on any atom is -0.349 e. The summed E-state index contributed by atoms with van der Waals surface area (Å²) in [6.07, 6.45) is 7.40. The Balaban J connectivity index is 1.80. The zero-order valence-electron chi connectivity index (χ0n) is 15.6. The highest BCUT2D eigenvalue weighted by Crippen LogP contribution is 2.38. The molecule has 0 saturated heterocycles. The quantitative estimate of drug-likeness (QED) is 0.555. The number of hydrogen-bond acceptors (Lipinski definition) is 3. The van der Waals surface area contributed by atoms with Gasteiger partial charge in [-0.3, -0.25) is 9.78 Å². The third kappa shape index (κ3) is 3.37. The molecule has 0 atom stereocenters. The number of carbonyl (C=O) groups is 1. The second-order valence-electron chi connectivity index (χ2n) is 6.82. The number of aromatic nitrogens is 3. The lowest BCUT2D eigenvalue weighted by atomic mass is 10.0. The number of fused-ring (bicyclic) bond motifs is 1. The molecule has 3 heterocycles. The molecule has 4 rings (SSSR count). The molecule has 5 nitrogen and oxygen atoms in total. The minimum atomic E-state index is 0.0237. The van der Waals surface area contributed by atoms with Crippen LogP contribution in [-0.2, 0) is 11.2 Å². The van der Waals surface area contributed by atoms with Gasteiger partial charge in [-0.1, -0.05) is 41.9 Å². The van der Waals surface area contributed by atoms with E-state index in [0.717, 1.165) is 38.9 Å². The molecule has 1 N–H and O–H groups in total. The van der Waals surface area contributed by atoms with Gasteiger partial charge in [0.2, 0.25) is 5.91 Å². The maximum Gasteiger partial charge on any atom is 0.226 e. The first-order chi connectivity index (χ1) is 13.5. The zero-order chi connectivity index (χ0) is 19.7. The second-order valence-corrected chi connectivity index (χ2v) is 7.20. The number of halogens is 1. The number of rotatable bonds is 4. The summed E-state index contributed by atoms with van der Waals surface area (Å²) < 4.78 is 0. The van der Waals surface area contributed by atoms with Crippen LogP contribution in [0.3, 0.4) is 0 Å². The highest BCUT2D eigenvalue weighted by Gasteiger charge is 2.16. The summed E-state index contributed by atoms with van der Waals surface area (Å²) >= 11 is 6.82. The van der Waals surface area contributed by atoms with Crippen molar-refractivity contribution in [1.82, 2.24) is 19.9 Å². The summed E-state index contributed by atoms with van der Waals surface area (Å²) in [6.45, 7) is 0. The van der Waals surface area contributed by atoms with Gasteiger partial charge in [0.15, 0.2) is 0 Å². The van der Waals surface area contributed by atoms with Crippen molar-refractivity contribution >= 4 is 28.5 Å². The van der Waals surface area contributed by atoms with Gasteiger partial charge in [-0.15, -0.1) is 0 Å². The van der Waals surface area contributed by atoms with E-state index in [2.05, 4.69) is 15.0 Å². The summed E-state index contributed by atoms with van der Waals surface area (Å²) in [5, 5.41) is 1.49. The van der Waals surface area contributed by atoms with E-state index >= 15 is 0 Å². The van der Waals surface area contributed by atoms with Crippen LogP contribution >= 0.6 is 11.6 Å². The van der Waals surface area contributed by atoms with E-state index in [-0.39, 0.29) is 5.91 Å². The number of amides is 1. The molecule has 0 fully saturated rings. The number of likely N-dealkylation sites (N-methyl/N-ethyl adjacent to an activating group) is 1. The largest absolute Gasteiger partial charge is 0.349 e. The predicted octanol–water partition coefficient (Wildman–Crippen LogP) is 4.58. The maximum atomic E-state index is 12.0. The Morgan fingerprint density at radius 2 is 1.86 bits per heavy atom. The highest BCUT2D eigenvalue weighted by molar-refractivity contribution is 6.39. The third-order valence-electron chi connectivity index (χ3n) is 4.68. The first-order valence-electron chi connectivity index (χ1n) is 8.90. The molecular formula is C22H19ClN4O. The fourth-order valence-corrected chi connectivity index (χ4v) is 3.52. The Bertz CT molecular complexity index is 1150. The van der Waals surface area contributed by atoms with E-state index in [1.54, 1.807) is 37.6 Å². The Labute approximate surface area is 168 Å². The van der Waals surface area contributed by atoms with Crippen molar-refractivity contribution in [1.29, 1.82) is 0 Å². The van der Waals surface area contributed by atoms with Crippen molar-refractivity contribution in [3.63, 3.8) is 0 Å². The molecule has 0 spiro atoms. The predicted molar refractivity (Wildman–Crippen MR) is 112 cm³/mol. The lowest BCUT2D eigenvalue weighted by Gasteiger charge is -2.11. The SMILES string of the molecule is CN(C)C(=O)Cc1cncc(-c2cnc3[nH]cc(-c4ccccc4)c3c2Cl)c1. The van der Waals surface area contributed by atoms with Crippen LogP contribution in [0, 0.1) is 0 Å². The number of hydrogen-bond donors (Lipinski definition) is 1. The van der Waals surface area contributed by atoms with Gasteiger partial charge in [-0.25, -0.2) is 4.98 Å². The van der Waals surface area contributed by atoms with Crippen molar-refractivity contribution in [2.24, 2.45) is 0 Å². The van der Waals surface area contributed by atoms with Crippen LogP contribution in [0.1, 0.15) is 5.56 Å². The van der Waals surface area contributed by atoms with Gasteiger partial charge in [-0.05, 0) is 17.2 Å². The molecule has 6 heteroatoms. The van der Waals surface area contributed by atoms with E-state index in [1.165, 1.54) is 0 Å². The van der Waals surface area contributed by atoms with Gasteiger partial charge < -0.3 is 9.88 Å². The lowest BCUT2D eigenvalue weighted by molar-refractivity contribution is -0.127. The fraction of sp³-hybridized carbons (Fsp3) is 0.136. The third-order valence-corrected chi connectivity index (χ3v) is 5.08. The van der Waals surface area contributed by atoms with Crippen LogP contribution in [0.4, 0.5) is 0 Å². The smallest absolute Gasteiger partial charge is 0.226 e. The number of aromatic amines is 1. The molecule has 4 aromatic rings. The van der Waals surface area contributed by atoms with Crippen molar-refractivity contribution in [3.8, 4) is 22.3 Å². The summed E-state index contributed by atoms with van der Waals surface area (Å²) in [7, 11) is 3.48. The second kappa shape index (κ2) is 7.44. The lowest BCUT2D eigenvalue weighted by Crippen LogP contribution is -2.23. The summed E-state index contributed by atoms with van der Waals surface area (Å²) in [6, 6.07) is 12.0. The van der Waals surface area contributed by atoms with Crippen LogP contribution in [0.25, 0.3) is 33.3 Å². The van der Waals surface area contributed by atoms with Crippen molar-refractivity contribution in [2.75, 3.05) is 14.1 Å². The molecular weight excluding hydrogens is 372 g/mol. The molecule has 0 bridgehead atoms. The van der Waals surface area contributed by atoms with Crippen LogP contribution in [0.5, 0.6) is 0 Å². The molecule has 1 aromatic carbocycles. The number of pyridine rings is 2. The highest BCUT2D eigenvalue weighted by atomic mass is 35.5. The number of benzene rings is 1. The Morgan fingerprint density at radius 3 is 2.61 bits per heavy atom. The van der Waals surface area contributed by atoms with Gasteiger partial charge in [0.05, 0.1) is 11.4 Å². The number of carbonyl (C=O) groups excluding carboxylic acids is 1. The molecule has 0 aliphatic rings. The Morgan fingerprint density at radius 1 is 1.07 bits per heavy atom. The topological polar surface area (TPSA) is 61.9 Å². The average Bonchev–Trinajstić information content (AvgIpc) is 3.14. The first-order valence-corrected chi connectivity index (χ1v) is 9.28. The van der Waals surface area contributed by atoms with Gasteiger partial charge in [0.1, 0.15) is 5.65 Å². The fourth-order valence-electron chi connectivity index (χ4n) is 3.17. The molecule has 0 saturated carbocycles. The summed E-state index contributed by atoms with van der Waals surface area (Å²) in [5.74, 6) is 0.0237. The van der Waals surface area contributed by atoms with Gasteiger partial charge in [0, 0.05) is 61.0 Å². The van der Waals surface area contributed by atoms with Crippen LogP contribution in [0.15, 0.2) is 61.2 Å². The molecule has 0 radical (unpaired) electrons. The van der Waals surface area contributed by atoms with Crippen molar-refractivity contribution < 1.29 is 4.79 Å². The first kappa shape index (κ1) is 18.2. The van der Waals surface area contributed by atoms with Gasteiger partial charge in [-0.2, -0.15) is 0 Å². The standard InChI is InChI=1S/C22H19ClN4O/c1-27(2)19(28)9-14-8-16(11-24-10-14)18-13-26-22-20(21(18)23)17(12-25-22)15-6-4-3-5-7-15/h3-8,10-13H,9H2,1-2H3,(H,25,26). The van der Waals surface area contributed by atoms with Gasteiger partial charge >= 0.3 is 0 Å². The Kier molecular flexibility index (Phi) is 4.84. The van der Waals surface area contributed by atoms with E-state index < -0.39 is 0 Å². The van der Waals surface area contributed by atoms with Crippen LogP contribution in [0.2, 0.25) is 5.02 Å². The summed E-state index contributed by atoms with van der Waals surface area (Å²) in [5.41, 5.74) is 5.27. The minimum absolute atomic E-state index is 0.0237. The average molecular weight is 391 g/mol. The van der Waals surface area contributed by atoms with Gasteiger partial charge in [0.25, 0.3) is 0 Å². The van der Waals surface area contributed by atoms with Crippen molar-refractivity contribution in [2.45, 2.75) is 6.42 Å². The maximum absolute atomic E-state index is 12.0. The molecule has 0 aliphatic heterocycles. The van der Waals surface area contributed by atoms with E-state index in [0.29, 0.717) is 11.4 Å². The Hall–Kier alpha value is -3.18. The van der Waals surface area contributed by atoms with Crippen molar-refractivity contribution in [3.05, 3.63) is 71.8 Å². The van der Waals surface area contributed by atoms with E-state index in [4.69, 9.17) is 11.6 Å². The van der Waals surface area contributed by atoms with Crippen LogP contribution < -0.4 is 0 Å². The molecule has 0 unspecified atom stereocenters. The molecule has 28 heavy (non-hydrogen) atoms.